The summed E-state index contributed by atoms with van der Waals surface area (Å²) in [5.41, 5.74) is 1.62. The van der Waals surface area contributed by atoms with Gasteiger partial charge in [-0.2, -0.15) is 4.98 Å². The van der Waals surface area contributed by atoms with Gasteiger partial charge in [0.25, 0.3) is 11.8 Å². The van der Waals surface area contributed by atoms with Crippen LogP contribution in [0.2, 0.25) is 0 Å². The molecule has 2 fully saturated rings. The molecule has 8 heteroatoms. The number of nitrogens with zero attached hydrogens (tertiary/aromatic N) is 6. The summed E-state index contributed by atoms with van der Waals surface area (Å²) in [6, 6.07) is 3.15. The van der Waals surface area contributed by atoms with Gasteiger partial charge in [-0.15, -0.1) is 0 Å². The molecular formula is C21H32N6O2. The Balaban J connectivity index is 1.34. The molecule has 2 aliphatic heterocycles. The normalized spacial score (nSPS) is 19.8. The van der Waals surface area contributed by atoms with Gasteiger partial charge in [-0.25, -0.2) is 0 Å². The number of hydrogen-bond acceptors (Lipinski definition) is 8. The van der Waals surface area contributed by atoms with E-state index in [1.54, 1.807) is 13.3 Å². The van der Waals surface area contributed by atoms with Crippen molar-refractivity contribution in [1.82, 2.24) is 24.9 Å². The smallest absolute Gasteiger partial charge is 0.278 e. The van der Waals surface area contributed by atoms with Crippen molar-refractivity contribution in [2.45, 2.75) is 45.7 Å². The molecule has 8 nitrogen and oxygen atoms in total. The van der Waals surface area contributed by atoms with Gasteiger partial charge in [-0.05, 0) is 38.8 Å². The molecule has 2 aromatic rings. The van der Waals surface area contributed by atoms with E-state index in [4.69, 9.17) is 9.26 Å². The molecule has 0 bridgehead atoms. The van der Waals surface area contributed by atoms with Gasteiger partial charge in [0.1, 0.15) is 11.4 Å². The third-order valence-electron chi connectivity index (χ3n) is 6.25. The van der Waals surface area contributed by atoms with E-state index in [-0.39, 0.29) is 0 Å². The number of pyridine rings is 1. The average molecular weight is 401 g/mol. The fraction of sp³-hybridized carbons (Fsp3) is 0.667. The molecule has 4 rings (SSSR count). The molecule has 158 valence electrons. The zero-order valence-electron chi connectivity index (χ0n) is 18.0. The minimum Gasteiger partial charge on any atom is -0.496 e. The van der Waals surface area contributed by atoms with Crippen molar-refractivity contribution in [2.24, 2.45) is 0 Å². The van der Waals surface area contributed by atoms with E-state index >= 15 is 0 Å². The lowest BCUT2D eigenvalue weighted by Crippen LogP contribution is -2.54. The summed E-state index contributed by atoms with van der Waals surface area (Å²) in [4.78, 5) is 16.4. The van der Waals surface area contributed by atoms with Gasteiger partial charge < -0.3 is 14.2 Å². The molecular weight excluding hydrogens is 368 g/mol. The molecule has 0 aromatic carbocycles. The van der Waals surface area contributed by atoms with Crippen molar-refractivity contribution in [3.63, 3.8) is 0 Å². The summed E-state index contributed by atoms with van der Waals surface area (Å²) < 4.78 is 10.9. The van der Waals surface area contributed by atoms with Crippen LogP contribution in [-0.2, 0) is 0 Å². The molecule has 4 heterocycles. The van der Waals surface area contributed by atoms with Gasteiger partial charge in [-0.3, -0.25) is 14.8 Å². The highest BCUT2D eigenvalue weighted by atomic mass is 16.5. The standard InChI is InChI=1S/C21H32N6O2/c1-15(2)25-9-11-26(12-10-25)17-5-7-27(8-6-17)21-23-20(29-24-21)18-13-19(28-4)16(3)14-22-18/h13-15,17H,5-12H2,1-4H3. The van der Waals surface area contributed by atoms with Crippen LogP contribution in [0, 0.1) is 6.92 Å². The predicted octanol–water partition coefficient (Wildman–Crippen LogP) is 2.44. The Morgan fingerprint density at radius 2 is 1.83 bits per heavy atom. The summed E-state index contributed by atoms with van der Waals surface area (Å²) in [6.45, 7) is 13.2. The summed E-state index contributed by atoms with van der Waals surface area (Å²) in [6.07, 6.45) is 4.05. The molecule has 0 saturated carbocycles. The molecule has 0 atom stereocenters. The lowest BCUT2D eigenvalue weighted by Gasteiger charge is -2.43. The first-order chi connectivity index (χ1) is 14.0. The first kappa shape index (κ1) is 20.1. The zero-order chi connectivity index (χ0) is 20.4. The highest BCUT2D eigenvalue weighted by Crippen LogP contribution is 2.26. The monoisotopic (exact) mass is 400 g/mol. The zero-order valence-corrected chi connectivity index (χ0v) is 18.0. The van der Waals surface area contributed by atoms with Crippen LogP contribution >= 0.6 is 0 Å². The van der Waals surface area contributed by atoms with Crippen molar-refractivity contribution < 1.29 is 9.26 Å². The maximum absolute atomic E-state index is 5.48. The molecule has 0 unspecified atom stereocenters. The van der Waals surface area contributed by atoms with Gasteiger partial charge in [-0.1, -0.05) is 0 Å². The number of aryl methyl sites for hydroxylation is 1. The van der Waals surface area contributed by atoms with Gasteiger partial charge in [0, 0.05) is 69.2 Å². The van der Waals surface area contributed by atoms with Crippen LogP contribution in [0.25, 0.3) is 11.6 Å². The minimum atomic E-state index is 0.435. The van der Waals surface area contributed by atoms with E-state index in [2.05, 4.69) is 43.7 Å². The van der Waals surface area contributed by atoms with Gasteiger partial charge in [0.05, 0.1) is 7.11 Å². The lowest BCUT2D eigenvalue weighted by molar-refractivity contribution is 0.0691. The molecule has 0 radical (unpaired) electrons. The number of piperidine rings is 1. The minimum absolute atomic E-state index is 0.435. The number of piperazine rings is 1. The summed E-state index contributed by atoms with van der Waals surface area (Å²) >= 11 is 0. The molecule has 0 N–H and O–H groups in total. The van der Waals surface area contributed by atoms with E-state index in [1.165, 1.54) is 26.2 Å². The number of anilines is 1. The molecule has 2 aliphatic rings. The average Bonchev–Trinajstić information content (AvgIpc) is 3.24. The SMILES string of the molecule is COc1cc(-c2nc(N3CCC(N4CCN(C(C)C)CC4)CC3)no2)ncc1C. The summed E-state index contributed by atoms with van der Waals surface area (Å²) in [5, 5.41) is 4.20. The molecule has 0 amide bonds. The fourth-order valence-electron chi connectivity index (χ4n) is 4.34. The number of ether oxygens (including phenoxy) is 1. The van der Waals surface area contributed by atoms with Crippen molar-refractivity contribution >= 4 is 5.95 Å². The van der Waals surface area contributed by atoms with E-state index in [0.29, 0.717) is 29.6 Å². The van der Waals surface area contributed by atoms with Crippen LogP contribution in [0.3, 0.4) is 0 Å². The quantitative estimate of drug-likeness (QED) is 0.758. The van der Waals surface area contributed by atoms with Crippen molar-refractivity contribution in [3.8, 4) is 17.3 Å². The molecule has 0 spiro atoms. The highest BCUT2D eigenvalue weighted by molar-refractivity contribution is 5.53. The Labute approximate surface area is 172 Å². The largest absolute Gasteiger partial charge is 0.496 e. The third kappa shape index (κ3) is 4.38. The number of aromatic nitrogens is 3. The van der Waals surface area contributed by atoms with Crippen LogP contribution < -0.4 is 9.64 Å². The van der Waals surface area contributed by atoms with Crippen LogP contribution in [0.5, 0.6) is 5.75 Å². The Hall–Kier alpha value is -2.19. The van der Waals surface area contributed by atoms with Gasteiger partial charge in [0.2, 0.25) is 0 Å². The van der Waals surface area contributed by atoms with E-state index in [0.717, 1.165) is 37.2 Å². The van der Waals surface area contributed by atoms with Crippen LogP contribution in [0.4, 0.5) is 5.95 Å². The van der Waals surface area contributed by atoms with Crippen molar-refractivity contribution in [2.75, 3.05) is 51.3 Å². The fourth-order valence-corrected chi connectivity index (χ4v) is 4.34. The maximum atomic E-state index is 5.48. The molecule has 2 aromatic heterocycles. The van der Waals surface area contributed by atoms with Crippen LogP contribution in [-0.4, -0.2) is 83.4 Å². The molecule has 2 saturated heterocycles. The second-order valence-corrected chi connectivity index (χ2v) is 8.32. The second kappa shape index (κ2) is 8.67. The Morgan fingerprint density at radius 3 is 2.48 bits per heavy atom. The third-order valence-corrected chi connectivity index (χ3v) is 6.25. The summed E-state index contributed by atoms with van der Waals surface area (Å²) in [5.74, 6) is 1.86. The van der Waals surface area contributed by atoms with Gasteiger partial charge in [0.15, 0.2) is 0 Å². The van der Waals surface area contributed by atoms with Crippen molar-refractivity contribution in [3.05, 3.63) is 17.8 Å². The molecule has 0 aliphatic carbocycles. The Kier molecular flexibility index (Phi) is 6.01. The summed E-state index contributed by atoms with van der Waals surface area (Å²) in [7, 11) is 1.65. The number of rotatable bonds is 5. The Morgan fingerprint density at radius 1 is 1.10 bits per heavy atom. The first-order valence-corrected chi connectivity index (χ1v) is 10.6. The van der Waals surface area contributed by atoms with E-state index < -0.39 is 0 Å². The molecule has 29 heavy (non-hydrogen) atoms. The van der Waals surface area contributed by atoms with E-state index in [1.807, 2.05) is 13.0 Å². The number of hydrogen-bond donors (Lipinski definition) is 0. The van der Waals surface area contributed by atoms with Crippen LogP contribution in [0.1, 0.15) is 32.3 Å². The highest BCUT2D eigenvalue weighted by Gasteiger charge is 2.29. The Bertz CT molecular complexity index is 807. The van der Waals surface area contributed by atoms with Crippen molar-refractivity contribution in [1.29, 1.82) is 0 Å². The first-order valence-electron chi connectivity index (χ1n) is 10.6. The number of methoxy groups -OCH3 is 1. The van der Waals surface area contributed by atoms with Crippen LogP contribution in [0.15, 0.2) is 16.8 Å². The topological polar surface area (TPSA) is 70.8 Å². The predicted molar refractivity (Wildman–Crippen MR) is 112 cm³/mol. The van der Waals surface area contributed by atoms with Gasteiger partial charge >= 0.3 is 0 Å². The maximum Gasteiger partial charge on any atom is 0.278 e. The van der Waals surface area contributed by atoms with E-state index in [9.17, 15) is 0 Å². The lowest BCUT2D eigenvalue weighted by atomic mass is 10.0. The second-order valence-electron chi connectivity index (χ2n) is 8.32.